The summed E-state index contributed by atoms with van der Waals surface area (Å²) in [6.45, 7) is 1.81. The van der Waals surface area contributed by atoms with E-state index in [2.05, 4.69) is 0 Å². The maximum atomic E-state index is 12.7. The number of hydrogen-bond acceptors (Lipinski definition) is 4. The molecule has 0 N–H and O–H groups in total. The Balaban J connectivity index is 2.53. The second-order valence-corrected chi connectivity index (χ2v) is 4.56. The molecule has 0 amide bonds. The Hall–Kier alpha value is -2.62. The molecule has 0 aromatic heterocycles. The lowest BCUT2D eigenvalue weighted by Crippen LogP contribution is -2.08. The van der Waals surface area contributed by atoms with Crippen LogP contribution < -0.4 is 9.47 Å². The maximum absolute atomic E-state index is 12.7. The zero-order valence-electron chi connectivity index (χ0n) is 12.2. The van der Waals surface area contributed by atoms with E-state index in [1.165, 1.54) is 14.2 Å². The SMILES string of the molecule is COc1ccc(C(=O)c2c(C)cccc2C=O)cc1OC. The van der Waals surface area contributed by atoms with Crippen LogP contribution in [0.2, 0.25) is 0 Å². The molecule has 2 aromatic carbocycles. The van der Waals surface area contributed by atoms with Gasteiger partial charge in [0.25, 0.3) is 0 Å². The molecule has 0 saturated carbocycles. The quantitative estimate of drug-likeness (QED) is 0.625. The van der Waals surface area contributed by atoms with Crippen LogP contribution in [0, 0.1) is 6.92 Å². The van der Waals surface area contributed by atoms with Gasteiger partial charge >= 0.3 is 0 Å². The first-order valence-electron chi connectivity index (χ1n) is 6.44. The smallest absolute Gasteiger partial charge is 0.194 e. The molecule has 2 aromatic rings. The molecule has 21 heavy (non-hydrogen) atoms. The van der Waals surface area contributed by atoms with Crippen molar-refractivity contribution >= 4 is 12.1 Å². The summed E-state index contributed by atoms with van der Waals surface area (Å²) in [6, 6.07) is 10.1. The minimum Gasteiger partial charge on any atom is -0.493 e. The maximum Gasteiger partial charge on any atom is 0.194 e. The molecule has 0 radical (unpaired) electrons. The number of ether oxygens (including phenoxy) is 2. The molecule has 4 heteroatoms. The highest BCUT2D eigenvalue weighted by Gasteiger charge is 2.17. The fourth-order valence-electron chi connectivity index (χ4n) is 2.22. The van der Waals surface area contributed by atoms with E-state index < -0.39 is 0 Å². The Labute approximate surface area is 123 Å². The van der Waals surface area contributed by atoms with Crippen molar-refractivity contribution in [1.29, 1.82) is 0 Å². The van der Waals surface area contributed by atoms with E-state index in [-0.39, 0.29) is 5.78 Å². The molecule has 0 aliphatic heterocycles. The minimum absolute atomic E-state index is 0.212. The zero-order chi connectivity index (χ0) is 15.4. The molecular formula is C17H16O4. The second-order valence-electron chi connectivity index (χ2n) is 4.56. The fraction of sp³-hybridized carbons (Fsp3) is 0.176. The van der Waals surface area contributed by atoms with Crippen LogP contribution in [-0.4, -0.2) is 26.3 Å². The number of methoxy groups -OCH3 is 2. The molecule has 0 atom stereocenters. The van der Waals surface area contributed by atoms with Crippen LogP contribution in [0.5, 0.6) is 11.5 Å². The summed E-state index contributed by atoms with van der Waals surface area (Å²) in [7, 11) is 3.04. The Morgan fingerprint density at radius 2 is 1.76 bits per heavy atom. The van der Waals surface area contributed by atoms with Crippen LogP contribution >= 0.6 is 0 Å². The van der Waals surface area contributed by atoms with E-state index >= 15 is 0 Å². The Bertz CT molecular complexity index is 689. The van der Waals surface area contributed by atoms with Gasteiger partial charge in [-0.05, 0) is 30.7 Å². The van der Waals surface area contributed by atoms with E-state index in [1.54, 1.807) is 43.3 Å². The van der Waals surface area contributed by atoms with Crippen molar-refractivity contribution in [2.45, 2.75) is 6.92 Å². The van der Waals surface area contributed by atoms with Crippen molar-refractivity contribution in [2.24, 2.45) is 0 Å². The predicted octanol–water partition coefficient (Wildman–Crippen LogP) is 3.06. The molecule has 108 valence electrons. The van der Waals surface area contributed by atoms with Crippen LogP contribution in [0.15, 0.2) is 36.4 Å². The molecule has 0 fully saturated rings. The van der Waals surface area contributed by atoms with Gasteiger partial charge in [0.2, 0.25) is 0 Å². The van der Waals surface area contributed by atoms with Crippen molar-refractivity contribution < 1.29 is 19.1 Å². The number of aryl methyl sites for hydroxylation is 1. The number of rotatable bonds is 5. The summed E-state index contributed by atoms with van der Waals surface area (Å²) in [4.78, 5) is 23.8. The second kappa shape index (κ2) is 6.22. The van der Waals surface area contributed by atoms with Gasteiger partial charge in [0.1, 0.15) is 0 Å². The summed E-state index contributed by atoms with van der Waals surface area (Å²) in [5.74, 6) is 0.815. The predicted molar refractivity (Wildman–Crippen MR) is 79.5 cm³/mol. The third-order valence-electron chi connectivity index (χ3n) is 3.30. The van der Waals surface area contributed by atoms with E-state index in [0.29, 0.717) is 34.5 Å². The summed E-state index contributed by atoms with van der Waals surface area (Å²) in [5.41, 5.74) is 2.01. The van der Waals surface area contributed by atoms with E-state index in [0.717, 1.165) is 5.56 Å². The zero-order valence-corrected chi connectivity index (χ0v) is 12.2. The third-order valence-corrected chi connectivity index (χ3v) is 3.30. The first-order valence-corrected chi connectivity index (χ1v) is 6.44. The van der Waals surface area contributed by atoms with Crippen molar-refractivity contribution in [1.82, 2.24) is 0 Å². The largest absolute Gasteiger partial charge is 0.493 e. The molecule has 0 aliphatic rings. The first-order chi connectivity index (χ1) is 10.1. The van der Waals surface area contributed by atoms with Gasteiger partial charge < -0.3 is 9.47 Å². The van der Waals surface area contributed by atoms with Crippen LogP contribution in [-0.2, 0) is 0 Å². The number of ketones is 1. The van der Waals surface area contributed by atoms with Crippen molar-refractivity contribution in [3.05, 3.63) is 58.7 Å². The normalized spacial score (nSPS) is 10.0. The minimum atomic E-state index is -0.212. The molecule has 0 heterocycles. The average Bonchev–Trinajstić information content (AvgIpc) is 2.53. The average molecular weight is 284 g/mol. The molecule has 0 unspecified atom stereocenters. The molecule has 0 spiro atoms. The van der Waals surface area contributed by atoms with Gasteiger partial charge in [0, 0.05) is 16.7 Å². The summed E-state index contributed by atoms with van der Waals surface area (Å²) < 4.78 is 10.4. The van der Waals surface area contributed by atoms with Gasteiger partial charge in [-0.3, -0.25) is 9.59 Å². The van der Waals surface area contributed by atoms with Gasteiger partial charge in [-0.2, -0.15) is 0 Å². The highest BCUT2D eigenvalue weighted by Crippen LogP contribution is 2.29. The van der Waals surface area contributed by atoms with Gasteiger partial charge in [-0.15, -0.1) is 0 Å². The van der Waals surface area contributed by atoms with E-state index in [9.17, 15) is 9.59 Å². The molecular weight excluding hydrogens is 268 g/mol. The lowest BCUT2D eigenvalue weighted by atomic mass is 9.94. The van der Waals surface area contributed by atoms with Crippen molar-refractivity contribution in [2.75, 3.05) is 14.2 Å². The van der Waals surface area contributed by atoms with Crippen molar-refractivity contribution in [3.63, 3.8) is 0 Å². The molecule has 4 nitrogen and oxygen atoms in total. The summed E-state index contributed by atoms with van der Waals surface area (Å²) in [6.07, 6.45) is 0.695. The number of carbonyl (C=O) groups is 2. The van der Waals surface area contributed by atoms with Crippen LogP contribution in [0.25, 0.3) is 0 Å². The Morgan fingerprint density at radius 1 is 1.05 bits per heavy atom. The monoisotopic (exact) mass is 284 g/mol. The number of aldehydes is 1. The standard InChI is InChI=1S/C17H16O4/c1-11-5-4-6-13(10-18)16(11)17(19)12-7-8-14(20-2)15(9-12)21-3/h4-10H,1-3H3. The molecule has 0 aliphatic carbocycles. The fourth-order valence-corrected chi connectivity index (χ4v) is 2.22. The number of benzene rings is 2. The van der Waals surface area contributed by atoms with Crippen LogP contribution in [0.3, 0.4) is 0 Å². The Morgan fingerprint density at radius 3 is 2.38 bits per heavy atom. The lowest BCUT2D eigenvalue weighted by molar-refractivity contribution is 0.102. The van der Waals surface area contributed by atoms with Gasteiger partial charge in [0.05, 0.1) is 14.2 Å². The van der Waals surface area contributed by atoms with Crippen molar-refractivity contribution in [3.8, 4) is 11.5 Å². The molecule has 2 rings (SSSR count). The van der Waals surface area contributed by atoms with Crippen LogP contribution in [0.4, 0.5) is 0 Å². The van der Waals surface area contributed by atoms with Gasteiger partial charge in [-0.1, -0.05) is 18.2 Å². The lowest BCUT2D eigenvalue weighted by Gasteiger charge is -2.11. The number of carbonyl (C=O) groups excluding carboxylic acids is 2. The first kappa shape index (κ1) is 14.8. The topological polar surface area (TPSA) is 52.6 Å². The molecule has 0 saturated heterocycles. The number of hydrogen-bond donors (Lipinski definition) is 0. The highest BCUT2D eigenvalue weighted by molar-refractivity contribution is 6.13. The highest BCUT2D eigenvalue weighted by atomic mass is 16.5. The van der Waals surface area contributed by atoms with Crippen LogP contribution in [0.1, 0.15) is 31.8 Å². The van der Waals surface area contributed by atoms with Gasteiger partial charge in [-0.25, -0.2) is 0 Å². The summed E-state index contributed by atoms with van der Waals surface area (Å²) in [5, 5.41) is 0. The van der Waals surface area contributed by atoms with E-state index in [4.69, 9.17) is 9.47 Å². The van der Waals surface area contributed by atoms with E-state index in [1.807, 2.05) is 0 Å². The third kappa shape index (κ3) is 2.79. The Kier molecular flexibility index (Phi) is 4.38. The molecule has 0 bridgehead atoms. The summed E-state index contributed by atoms with van der Waals surface area (Å²) >= 11 is 0. The van der Waals surface area contributed by atoms with Gasteiger partial charge in [0.15, 0.2) is 23.6 Å².